The highest BCUT2D eigenvalue weighted by molar-refractivity contribution is 5.73. The van der Waals surface area contributed by atoms with Crippen molar-refractivity contribution in [3.63, 3.8) is 0 Å². The summed E-state index contributed by atoms with van der Waals surface area (Å²) in [5, 5.41) is 5.03. The fourth-order valence-electron chi connectivity index (χ4n) is 4.32. The van der Waals surface area contributed by atoms with Crippen LogP contribution in [0.4, 0.5) is 0 Å². The topological polar surface area (TPSA) is 88.9 Å². The highest BCUT2D eigenvalue weighted by atomic mass is 16.5. The Labute approximate surface area is 168 Å². The molecule has 5 rings (SSSR count). The number of aryl methyl sites for hydroxylation is 1. The molecule has 2 saturated heterocycles. The number of hydrogen-bond donors (Lipinski definition) is 1. The number of fused-ring (bicyclic) bond motifs is 1. The number of H-pyrrole nitrogens is 1. The second-order valence-electron chi connectivity index (χ2n) is 8.21. The molecule has 2 fully saturated rings. The summed E-state index contributed by atoms with van der Waals surface area (Å²) < 4.78 is 7.38. The Kier molecular flexibility index (Phi) is 4.67. The minimum atomic E-state index is -0.118. The lowest BCUT2D eigenvalue weighted by Crippen LogP contribution is -2.47. The third-order valence-corrected chi connectivity index (χ3v) is 6.23. The van der Waals surface area contributed by atoms with Gasteiger partial charge in [-0.15, -0.1) is 0 Å². The van der Waals surface area contributed by atoms with E-state index in [0.717, 1.165) is 44.8 Å². The lowest BCUT2D eigenvalue weighted by Gasteiger charge is -2.42. The zero-order chi connectivity index (χ0) is 20.0. The summed E-state index contributed by atoms with van der Waals surface area (Å²) in [5.74, 6) is 1.13. The van der Waals surface area contributed by atoms with Crippen molar-refractivity contribution in [1.29, 1.82) is 0 Å². The van der Waals surface area contributed by atoms with Gasteiger partial charge in [0.15, 0.2) is 5.65 Å². The molecule has 0 radical (unpaired) electrons. The lowest BCUT2D eigenvalue weighted by atomic mass is 9.93. The standard InChI is InChI=1S/C21H26N6O2/c1-13-3-6-22-18(9-13)15-11-26(12-15)14(2)19-24-20-17(21(28)25-19)10-23-27(20)16-4-7-29-8-5-16/h3,6,9-10,14-16H,4-5,7-8,11-12H2,1-2H3,(H,24,25,28)/t14-/m1/s1. The third kappa shape index (κ3) is 3.36. The van der Waals surface area contributed by atoms with Crippen molar-refractivity contribution in [2.24, 2.45) is 0 Å². The fraction of sp³-hybridized carbons (Fsp3) is 0.524. The van der Waals surface area contributed by atoms with Crippen LogP contribution in [0.25, 0.3) is 11.0 Å². The number of ether oxygens (including phenoxy) is 1. The summed E-state index contributed by atoms with van der Waals surface area (Å²) in [6, 6.07) is 4.45. The first-order chi connectivity index (χ1) is 14.1. The minimum absolute atomic E-state index is 0.0335. The summed E-state index contributed by atoms with van der Waals surface area (Å²) in [6.07, 6.45) is 5.30. The zero-order valence-electron chi connectivity index (χ0n) is 16.8. The average Bonchev–Trinajstić information content (AvgIpc) is 3.12. The fourth-order valence-corrected chi connectivity index (χ4v) is 4.32. The summed E-state index contributed by atoms with van der Waals surface area (Å²) in [6.45, 7) is 7.47. The van der Waals surface area contributed by atoms with Crippen LogP contribution >= 0.6 is 0 Å². The highest BCUT2D eigenvalue weighted by Gasteiger charge is 2.34. The highest BCUT2D eigenvalue weighted by Crippen LogP contribution is 2.32. The molecule has 1 atom stereocenters. The van der Waals surface area contributed by atoms with Gasteiger partial charge in [0.2, 0.25) is 0 Å². The maximum absolute atomic E-state index is 12.7. The molecule has 0 amide bonds. The molecule has 3 aromatic heterocycles. The number of nitrogens with zero attached hydrogens (tertiary/aromatic N) is 5. The monoisotopic (exact) mass is 394 g/mol. The van der Waals surface area contributed by atoms with Crippen LogP contribution in [-0.2, 0) is 4.74 Å². The molecule has 29 heavy (non-hydrogen) atoms. The first-order valence-electron chi connectivity index (χ1n) is 10.3. The summed E-state index contributed by atoms with van der Waals surface area (Å²) >= 11 is 0. The predicted molar refractivity (Wildman–Crippen MR) is 109 cm³/mol. The van der Waals surface area contributed by atoms with E-state index in [2.05, 4.69) is 39.9 Å². The normalized spacial score (nSPS) is 20.1. The minimum Gasteiger partial charge on any atom is -0.381 e. The molecule has 0 unspecified atom stereocenters. The molecule has 0 bridgehead atoms. The summed E-state index contributed by atoms with van der Waals surface area (Å²) in [7, 11) is 0. The van der Waals surface area contributed by atoms with Gasteiger partial charge < -0.3 is 9.72 Å². The quantitative estimate of drug-likeness (QED) is 0.731. The molecular weight excluding hydrogens is 368 g/mol. The van der Waals surface area contributed by atoms with E-state index in [1.54, 1.807) is 6.20 Å². The van der Waals surface area contributed by atoms with Crippen LogP contribution in [0.1, 0.15) is 54.8 Å². The molecule has 8 heteroatoms. The molecular formula is C21H26N6O2. The van der Waals surface area contributed by atoms with Crippen LogP contribution in [0.2, 0.25) is 0 Å². The van der Waals surface area contributed by atoms with E-state index >= 15 is 0 Å². The van der Waals surface area contributed by atoms with Crippen molar-refractivity contribution >= 4 is 11.0 Å². The van der Waals surface area contributed by atoms with E-state index in [4.69, 9.17) is 9.72 Å². The molecule has 2 aliphatic heterocycles. The largest absolute Gasteiger partial charge is 0.381 e. The molecule has 5 heterocycles. The van der Waals surface area contributed by atoms with Gasteiger partial charge in [0.25, 0.3) is 5.56 Å². The Balaban J connectivity index is 1.38. The Morgan fingerprint density at radius 1 is 1.28 bits per heavy atom. The van der Waals surface area contributed by atoms with Crippen molar-refractivity contribution < 1.29 is 4.74 Å². The van der Waals surface area contributed by atoms with Crippen LogP contribution < -0.4 is 5.56 Å². The first kappa shape index (κ1) is 18.4. The van der Waals surface area contributed by atoms with Crippen LogP contribution in [0.15, 0.2) is 29.3 Å². The SMILES string of the molecule is Cc1ccnc(C2CN([C@H](C)c3nc4c(cnn4C4CCOCC4)c(=O)[nH]3)C2)c1. The van der Waals surface area contributed by atoms with Crippen molar-refractivity contribution in [2.45, 2.75) is 44.7 Å². The van der Waals surface area contributed by atoms with Crippen molar-refractivity contribution in [1.82, 2.24) is 29.6 Å². The van der Waals surface area contributed by atoms with Crippen molar-refractivity contribution in [3.8, 4) is 0 Å². The van der Waals surface area contributed by atoms with E-state index in [9.17, 15) is 4.79 Å². The summed E-state index contributed by atoms with van der Waals surface area (Å²) in [4.78, 5) is 27.3. The number of pyridine rings is 1. The predicted octanol–water partition coefficient (Wildman–Crippen LogP) is 2.33. The maximum Gasteiger partial charge on any atom is 0.262 e. The summed E-state index contributed by atoms with van der Waals surface area (Å²) in [5.41, 5.74) is 2.94. The Hall–Kier alpha value is -2.58. The Morgan fingerprint density at radius 3 is 2.83 bits per heavy atom. The van der Waals surface area contributed by atoms with Gasteiger partial charge in [0.05, 0.1) is 18.3 Å². The van der Waals surface area contributed by atoms with E-state index < -0.39 is 0 Å². The molecule has 2 aliphatic rings. The van der Waals surface area contributed by atoms with Gasteiger partial charge in [-0.25, -0.2) is 9.67 Å². The maximum atomic E-state index is 12.7. The third-order valence-electron chi connectivity index (χ3n) is 6.23. The molecule has 8 nitrogen and oxygen atoms in total. The van der Waals surface area contributed by atoms with Gasteiger partial charge in [-0.05, 0) is 44.4 Å². The van der Waals surface area contributed by atoms with E-state index in [0.29, 0.717) is 22.8 Å². The Morgan fingerprint density at radius 2 is 2.07 bits per heavy atom. The number of likely N-dealkylation sites (tertiary alicyclic amines) is 1. The lowest BCUT2D eigenvalue weighted by molar-refractivity contribution is 0.0672. The van der Waals surface area contributed by atoms with E-state index in [1.807, 2.05) is 16.9 Å². The van der Waals surface area contributed by atoms with E-state index in [-0.39, 0.29) is 17.6 Å². The van der Waals surface area contributed by atoms with Gasteiger partial charge in [0, 0.05) is 44.1 Å². The molecule has 152 valence electrons. The van der Waals surface area contributed by atoms with Gasteiger partial charge in [0.1, 0.15) is 11.2 Å². The molecule has 3 aromatic rings. The number of aromatic amines is 1. The van der Waals surface area contributed by atoms with Crippen molar-refractivity contribution in [2.75, 3.05) is 26.3 Å². The molecule has 0 saturated carbocycles. The molecule has 0 spiro atoms. The number of aromatic nitrogens is 5. The molecule has 0 aliphatic carbocycles. The van der Waals surface area contributed by atoms with Crippen LogP contribution in [0.3, 0.4) is 0 Å². The number of rotatable bonds is 4. The second kappa shape index (κ2) is 7.35. The van der Waals surface area contributed by atoms with Crippen LogP contribution in [-0.4, -0.2) is 55.9 Å². The molecule has 0 aromatic carbocycles. The number of hydrogen-bond acceptors (Lipinski definition) is 6. The van der Waals surface area contributed by atoms with E-state index in [1.165, 1.54) is 5.56 Å². The average molecular weight is 394 g/mol. The first-order valence-corrected chi connectivity index (χ1v) is 10.3. The van der Waals surface area contributed by atoms with Gasteiger partial charge >= 0.3 is 0 Å². The number of nitrogens with one attached hydrogen (secondary N) is 1. The zero-order valence-corrected chi connectivity index (χ0v) is 16.8. The van der Waals surface area contributed by atoms with Crippen molar-refractivity contribution in [3.05, 3.63) is 52.0 Å². The van der Waals surface area contributed by atoms with Crippen LogP contribution in [0.5, 0.6) is 0 Å². The molecule has 1 N–H and O–H groups in total. The van der Waals surface area contributed by atoms with Gasteiger partial charge in [-0.3, -0.25) is 14.7 Å². The van der Waals surface area contributed by atoms with Gasteiger partial charge in [-0.1, -0.05) is 0 Å². The van der Waals surface area contributed by atoms with Gasteiger partial charge in [-0.2, -0.15) is 5.10 Å². The Bertz CT molecular complexity index is 1080. The van der Waals surface area contributed by atoms with Crippen LogP contribution in [0, 0.1) is 6.92 Å². The smallest absolute Gasteiger partial charge is 0.262 e. The second-order valence-corrected chi connectivity index (χ2v) is 8.21.